The summed E-state index contributed by atoms with van der Waals surface area (Å²) in [5.74, 6) is -0.276. The van der Waals surface area contributed by atoms with Gasteiger partial charge in [-0.3, -0.25) is 4.79 Å². The number of primary amides is 1. The van der Waals surface area contributed by atoms with Gasteiger partial charge in [0.1, 0.15) is 0 Å². The van der Waals surface area contributed by atoms with Crippen LogP contribution in [0.2, 0.25) is 0 Å². The number of nitrogens with one attached hydrogen (secondary N) is 1. The first-order valence-corrected chi connectivity index (χ1v) is 5.92. The zero-order valence-corrected chi connectivity index (χ0v) is 9.95. The van der Waals surface area contributed by atoms with Crippen LogP contribution in [0.4, 0.5) is 0 Å². The van der Waals surface area contributed by atoms with Crippen LogP contribution in [0.15, 0.2) is 0 Å². The molecular formula is C9H20N2O2S. The third-order valence-corrected chi connectivity index (χ3v) is 3.22. The van der Waals surface area contributed by atoms with E-state index in [1.165, 1.54) is 0 Å². The van der Waals surface area contributed by atoms with Gasteiger partial charge in [0.05, 0.1) is 15.7 Å². The van der Waals surface area contributed by atoms with Crippen molar-refractivity contribution in [2.24, 2.45) is 5.73 Å². The minimum Gasteiger partial charge on any atom is -0.370 e. The Bertz CT molecular complexity index is 211. The van der Waals surface area contributed by atoms with E-state index in [0.717, 1.165) is 12.8 Å². The second-order valence-corrected chi connectivity index (χ2v) is 6.25. The lowest BCUT2D eigenvalue weighted by atomic mass is 10.2. The van der Waals surface area contributed by atoms with Gasteiger partial charge in [-0.2, -0.15) is 0 Å². The minimum absolute atomic E-state index is 0.232. The second-order valence-electron chi connectivity index (χ2n) is 4.20. The van der Waals surface area contributed by atoms with Crippen molar-refractivity contribution >= 4 is 16.9 Å². The second kappa shape index (κ2) is 6.14. The fraction of sp³-hybridized carbons (Fsp3) is 0.889. The molecule has 0 spiro atoms. The Kier molecular flexibility index (Phi) is 5.95. The van der Waals surface area contributed by atoms with Gasteiger partial charge in [0.2, 0.25) is 5.91 Å². The van der Waals surface area contributed by atoms with Crippen LogP contribution in [0.1, 0.15) is 40.0 Å². The molecule has 5 heteroatoms. The van der Waals surface area contributed by atoms with E-state index < -0.39 is 11.0 Å². The summed E-state index contributed by atoms with van der Waals surface area (Å²) in [5, 5.41) is 0. The maximum atomic E-state index is 11.5. The van der Waals surface area contributed by atoms with Crippen molar-refractivity contribution in [3.05, 3.63) is 0 Å². The molecule has 84 valence electrons. The van der Waals surface area contributed by atoms with Crippen LogP contribution in [0.3, 0.4) is 0 Å². The van der Waals surface area contributed by atoms with Crippen LogP contribution in [0.25, 0.3) is 0 Å². The van der Waals surface area contributed by atoms with E-state index in [9.17, 15) is 9.00 Å². The molecule has 0 bridgehead atoms. The SMILES string of the molecule is CC(C)(C)S(=O)NCCCCC(N)=O. The summed E-state index contributed by atoms with van der Waals surface area (Å²) in [6, 6.07) is 0. The first kappa shape index (κ1) is 13.6. The van der Waals surface area contributed by atoms with Crippen molar-refractivity contribution in [3.63, 3.8) is 0 Å². The van der Waals surface area contributed by atoms with Crippen molar-refractivity contribution < 1.29 is 9.00 Å². The van der Waals surface area contributed by atoms with Crippen molar-refractivity contribution in [2.75, 3.05) is 6.54 Å². The van der Waals surface area contributed by atoms with Crippen molar-refractivity contribution in [1.29, 1.82) is 0 Å². The van der Waals surface area contributed by atoms with Gasteiger partial charge in [-0.1, -0.05) is 0 Å². The molecule has 1 amide bonds. The lowest BCUT2D eigenvalue weighted by Gasteiger charge is -2.17. The Hall–Kier alpha value is -0.420. The summed E-state index contributed by atoms with van der Waals surface area (Å²) in [4.78, 5) is 10.4. The van der Waals surface area contributed by atoms with E-state index in [0.29, 0.717) is 13.0 Å². The summed E-state index contributed by atoms with van der Waals surface area (Å²) in [5.41, 5.74) is 4.98. The number of hydrogen-bond acceptors (Lipinski definition) is 2. The van der Waals surface area contributed by atoms with E-state index in [1.54, 1.807) is 0 Å². The molecule has 0 aliphatic carbocycles. The highest BCUT2D eigenvalue weighted by Crippen LogP contribution is 2.08. The van der Waals surface area contributed by atoms with Gasteiger partial charge in [0.15, 0.2) is 0 Å². The topological polar surface area (TPSA) is 72.2 Å². The summed E-state index contributed by atoms with van der Waals surface area (Å²) >= 11 is 0. The van der Waals surface area contributed by atoms with Crippen LogP contribution in [0.5, 0.6) is 0 Å². The van der Waals surface area contributed by atoms with Gasteiger partial charge >= 0.3 is 0 Å². The highest BCUT2D eigenvalue weighted by molar-refractivity contribution is 7.84. The molecule has 1 unspecified atom stereocenters. The van der Waals surface area contributed by atoms with Crippen LogP contribution in [0, 0.1) is 0 Å². The molecule has 0 aliphatic rings. The van der Waals surface area contributed by atoms with Crippen LogP contribution < -0.4 is 10.5 Å². The first-order chi connectivity index (χ1) is 6.34. The molecule has 0 fully saturated rings. The third kappa shape index (κ3) is 7.03. The fourth-order valence-electron chi connectivity index (χ4n) is 0.806. The summed E-state index contributed by atoms with van der Waals surface area (Å²) in [6.45, 7) is 6.41. The number of amides is 1. The Balaban J connectivity index is 3.46. The van der Waals surface area contributed by atoms with Crippen molar-refractivity contribution in [3.8, 4) is 0 Å². The maximum absolute atomic E-state index is 11.5. The van der Waals surface area contributed by atoms with Crippen LogP contribution in [-0.4, -0.2) is 21.4 Å². The fourth-order valence-corrected chi connectivity index (χ4v) is 1.57. The summed E-state index contributed by atoms with van der Waals surface area (Å²) in [6.07, 6.45) is 1.98. The van der Waals surface area contributed by atoms with E-state index in [4.69, 9.17) is 5.73 Å². The number of rotatable bonds is 6. The Labute approximate surface area is 88.2 Å². The van der Waals surface area contributed by atoms with Gasteiger partial charge in [0.25, 0.3) is 0 Å². The molecule has 0 saturated carbocycles. The lowest BCUT2D eigenvalue weighted by Crippen LogP contribution is -2.33. The van der Waals surface area contributed by atoms with E-state index in [2.05, 4.69) is 4.72 Å². The van der Waals surface area contributed by atoms with Gasteiger partial charge in [0, 0.05) is 13.0 Å². The average Bonchev–Trinajstić information content (AvgIpc) is 2.01. The molecule has 0 aliphatic heterocycles. The molecule has 0 aromatic carbocycles. The normalized spacial score (nSPS) is 13.9. The van der Waals surface area contributed by atoms with Gasteiger partial charge in [-0.15, -0.1) is 0 Å². The Morgan fingerprint density at radius 3 is 2.36 bits per heavy atom. The maximum Gasteiger partial charge on any atom is 0.217 e. The molecule has 0 rings (SSSR count). The molecule has 4 nitrogen and oxygen atoms in total. The smallest absolute Gasteiger partial charge is 0.217 e. The van der Waals surface area contributed by atoms with E-state index >= 15 is 0 Å². The number of hydrogen-bond donors (Lipinski definition) is 2. The van der Waals surface area contributed by atoms with Gasteiger partial charge in [-0.05, 0) is 33.6 Å². The predicted molar refractivity (Wildman–Crippen MR) is 58.9 cm³/mol. The zero-order chi connectivity index (χ0) is 11.2. The highest BCUT2D eigenvalue weighted by atomic mass is 32.2. The molecule has 0 aromatic rings. The molecule has 14 heavy (non-hydrogen) atoms. The van der Waals surface area contributed by atoms with Crippen molar-refractivity contribution in [2.45, 2.75) is 44.8 Å². The molecule has 0 saturated heterocycles. The Morgan fingerprint density at radius 1 is 1.36 bits per heavy atom. The molecule has 1 atom stereocenters. The standard InChI is InChI=1S/C9H20N2O2S/c1-9(2,3)14(13)11-7-5-4-6-8(10)12/h11H,4-7H2,1-3H3,(H2,10,12). The monoisotopic (exact) mass is 220 g/mol. The van der Waals surface area contributed by atoms with Crippen molar-refractivity contribution in [1.82, 2.24) is 4.72 Å². The number of carbonyl (C=O) groups is 1. The average molecular weight is 220 g/mol. The largest absolute Gasteiger partial charge is 0.370 e. The molecule has 0 radical (unpaired) electrons. The molecule has 0 aromatic heterocycles. The first-order valence-electron chi connectivity index (χ1n) is 4.77. The lowest BCUT2D eigenvalue weighted by molar-refractivity contribution is -0.118. The minimum atomic E-state index is -1.02. The molecular weight excluding hydrogens is 200 g/mol. The van der Waals surface area contributed by atoms with E-state index in [1.807, 2.05) is 20.8 Å². The van der Waals surface area contributed by atoms with Gasteiger partial charge < -0.3 is 5.73 Å². The molecule has 0 heterocycles. The molecule has 3 N–H and O–H groups in total. The van der Waals surface area contributed by atoms with E-state index in [-0.39, 0.29) is 10.7 Å². The Morgan fingerprint density at radius 2 is 1.93 bits per heavy atom. The summed E-state index contributed by atoms with van der Waals surface area (Å²) < 4.78 is 14.2. The number of nitrogens with two attached hydrogens (primary N) is 1. The summed E-state index contributed by atoms with van der Waals surface area (Å²) in [7, 11) is -1.02. The van der Waals surface area contributed by atoms with Crippen LogP contribution in [-0.2, 0) is 15.8 Å². The third-order valence-electron chi connectivity index (χ3n) is 1.64. The predicted octanol–water partition coefficient (Wildman–Crippen LogP) is 0.694. The quantitative estimate of drug-likeness (QED) is 0.647. The number of unbranched alkanes of at least 4 members (excludes halogenated alkanes) is 1. The zero-order valence-electron chi connectivity index (χ0n) is 9.13. The highest BCUT2D eigenvalue weighted by Gasteiger charge is 2.18. The van der Waals surface area contributed by atoms with Crippen LogP contribution >= 0.6 is 0 Å². The van der Waals surface area contributed by atoms with Gasteiger partial charge in [-0.25, -0.2) is 8.93 Å². The number of carbonyl (C=O) groups excluding carboxylic acids is 1.